The maximum atomic E-state index is 12.3. The molecule has 2 heterocycles. The van der Waals surface area contributed by atoms with Crippen molar-refractivity contribution in [2.75, 3.05) is 56.7 Å². The number of nitrogens with one attached hydrogen (secondary N) is 2. The summed E-state index contributed by atoms with van der Waals surface area (Å²) in [5.74, 6) is -0.248. The maximum Gasteiger partial charge on any atom is 0.238 e. The van der Waals surface area contributed by atoms with Crippen molar-refractivity contribution >= 4 is 34.5 Å². The molecule has 1 saturated heterocycles. The van der Waals surface area contributed by atoms with E-state index in [1.165, 1.54) is 0 Å². The van der Waals surface area contributed by atoms with Crippen molar-refractivity contribution in [3.63, 3.8) is 0 Å². The number of amides is 2. The number of carbonyl (C=O) groups excluding carboxylic acids is 2. The van der Waals surface area contributed by atoms with Crippen molar-refractivity contribution in [3.05, 3.63) is 46.7 Å². The van der Waals surface area contributed by atoms with E-state index in [1.54, 1.807) is 23.3 Å². The van der Waals surface area contributed by atoms with E-state index in [9.17, 15) is 9.59 Å². The highest BCUT2D eigenvalue weighted by molar-refractivity contribution is 7.10. The predicted molar refractivity (Wildman–Crippen MR) is 116 cm³/mol. The van der Waals surface area contributed by atoms with Crippen LogP contribution in [0.2, 0.25) is 0 Å². The van der Waals surface area contributed by atoms with Gasteiger partial charge in [0.2, 0.25) is 11.8 Å². The van der Waals surface area contributed by atoms with Crippen LogP contribution in [0.4, 0.5) is 11.4 Å². The number of rotatable bonds is 8. The lowest BCUT2D eigenvalue weighted by molar-refractivity contribution is -0.123. The molecule has 0 radical (unpaired) electrons. The van der Waals surface area contributed by atoms with Gasteiger partial charge in [-0.3, -0.25) is 14.5 Å². The van der Waals surface area contributed by atoms with Crippen molar-refractivity contribution in [1.82, 2.24) is 10.2 Å². The zero-order chi connectivity index (χ0) is 20.6. The van der Waals surface area contributed by atoms with Crippen molar-refractivity contribution < 1.29 is 14.3 Å². The van der Waals surface area contributed by atoms with E-state index in [4.69, 9.17) is 4.74 Å². The molecular weight excluding hydrogens is 388 g/mol. The second-order valence-corrected chi connectivity index (χ2v) is 8.15. The Balaban J connectivity index is 1.41. The van der Waals surface area contributed by atoms with E-state index in [-0.39, 0.29) is 30.9 Å². The van der Waals surface area contributed by atoms with Crippen molar-refractivity contribution in [1.29, 1.82) is 0 Å². The van der Waals surface area contributed by atoms with E-state index in [0.29, 0.717) is 0 Å². The number of thiophene rings is 1. The molecule has 29 heavy (non-hydrogen) atoms. The van der Waals surface area contributed by atoms with Crippen LogP contribution in [0.3, 0.4) is 0 Å². The molecule has 1 aliphatic rings. The Morgan fingerprint density at radius 1 is 1.14 bits per heavy atom. The summed E-state index contributed by atoms with van der Waals surface area (Å²) in [6.45, 7) is 5.50. The van der Waals surface area contributed by atoms with Gasteiger partial charge in [0.15, 0.2) is 0 Å². The molecule has 156 valence electrons. The standard InChI is InChI=1S/C21H28N4O3S/c1-16(19-4-3-13-29-19)22-20(26)14-24(2)15-21(27)23-17-5-7-18(8-6-17)25-9-11-28-12-10-25/h3-8,13,16H,9-12,14-15H2,1-2H3,(H,22,26)(H,23,27)/t16-/m1/s1. The second kappa shape index (κ2) is 10.4. The first-order valence-corrected chi connectivity index (χ1v) is 10.6. The molecule has 3 rings (SSSR count). The number of anilines is 2. The van der Waals surface area contributed by atoms with Gasteiger partial charge in [-0.25, -0.2) is 0 Å². The number of hydrogen-bond acceptors (Lipinski definition) is 6. The first-order valence-electron chi connectivity index (χ1n) is 9.75. The zero-order valence-electron chi connectivity index (χ0n) is 16.9. The number of carbonyl (C=O) groups is 2. The van der Waals surface area contributed by atoms with Crippen LogP contribution in [0.1, 0.15) is 17.8 Å². The highest BCUT2D eigenvalue weighted by Crippen LogP contribution is 2.19. The van der Waals surface area contributed by atoms with Gasteiger partial charge in [0.25, 0.3) is 0 Å². The fraction of sp³-hybridized carbons (Fsp3) is 0.429. The van der Waals surface area contributed by atoms with Gasteiger partial charge in [-0.1, -0.05) is 6.07 Å². The topological polar surface area (TPSA) is 73.9 Å². The number of hydrogen-bond donors (Lipinski definition) is 2. The Morgan fingerprint density at radius 2 is 1.83 bits per heavy atom. The Labute approximate surface area is 175 Å². The van der Waals surface area contributed by atoms with E-state index in [1.807, 2.05) is 48.7 Å². The Hall–Kier alpha value is -2.42. The van der Waals surface area contributed by atoms with Crippen LogP contribution in [0.25, 0.3) is 0 Å². The Kier molecular flexibility index (Phi) is 7.62. The maximum absolute atomic E-state index is 12.3. The molecule has 0 bridgehead atoms. The minimum absolute atomic E-state index is 0.0327. The van der Waals surface area contributed by atoms with Crippen molar-refractivity contribution in [2.24, 2.45) is 0 Å². The molecule has 0 saturated carbocycles. The van der Waals surface area contributed by atoms with Gasteiger partial charge < -0.3 is 20.3 Å². The highest BCUT2D eigenvalue weighted by atomic mass is 32.1. The normalized spacial score (nSPS) is 15.2. The lowest BCUT2D eigenvalue weighted by atomic mass is 10.2. The quantitative estimate of drug-likeness (QED) is 0.691. The second-order valence-electron chi connectivity index (χ2n) is 7.17. The average molecular weight is 417 g/mol. The summed E-state index contributed by atoms with van der Waals surface area (Å²) in [5, 5.41) is 7.83. The summed E-state index contributed by atoms with van der Waals surface area (Å²) in [7, 11) is 1.76. The summed E-state index contributed by atoms with van der Waals surface area (Å²) in [5.41, 5.74) is 1.87. The van der Waals surface area contributed by atoms with Gasteiger partial charge in [-0.15, -0.1) is 11.3 Å². The first kappa shape index (κ1) is 21.3. The van der Waals surface area contributed by atoms with E-state index >= 15 is 0 Å². The molecule has 1 aromatic carbocycles. The lowest BCUT2D eigenvalue weighted by Crippen LogP contribution is -2.39. The van der Waals surface area contributed by atoms with Gasteiger partial charge in [-0.05, 0) is 49.7 Å². The smallest absolute Gasteiger partial charge is 0.238 e. The minimum atomic E-state index is -0.147. The predicted octanol–water partition coefficient (Wildman–Crippen LogP) is 2.33. The lowest BCUT2D eigenvalue weighted by Gasteiger charge is -2.28. The van der Waals surface area contributed by atoms with Gasteiger partial charge >= 0.3 is 0 Å². The first-order chi connectivity index (χ1) is 14.0. The largest absolute Gasteiger partial charge is 0.378 e. The molecule has 1 atom stereocenters. The van der Waals surface area contributed by atoms with Crippen LogP contribution in [0, 0.1) is 0 Å². The van der Waals surface area contributed by atoms with Crippen molar-refractivity contribution in [2.45, 2.75) is 13.0 Å². The van der Waals surface area contributed by atoms with Gasteiger partial charge in [0.1, 0.15) is 0 Å². The van der Waals surface area contributed by atoms with Crippen LogP contribution in [-0.4, -0.2) is 63.2 Å². The molecule has 1 fully saturated rings. The van der Waals surface area contributed by atoms with E-state index < -0.39 is 0 Å². The van der Waals surface area contributed by atoms with Crippen LogP contribution in [-0.2, 0) is 14.3 Å². The summed E-state index contributed by atoms with van der Waals surface area (Å²) < 4.78 is 5.37. The molecule has 2 aromatic rings. The molecule has 0 unspecified atom stereocenters. The number of morpholine rings is 1. The fourth-order valence-electron chi connectivity index (χ4n) is 3.22. The van der Waals surface area contributed by atoms with E-state index in [0.717, 1.165) is 42.6 Å². The van der Waals surface area contributed by atoms with Crippen LogP contribution in [0.5, 0.6) is 0 Å². The SMILES string of the molecule is C[C@@H](NC(=O)CN(C)CC(=O)Nc1ccc(N2CCOCC2)cc1)c1cccs1. The Morgan fingerprint density at radius 3 is 2.48 bits per heavy atom. The number of likely N-dealkylation sites (N-methyl/N-ethyl adjacent to an activating group) is 1. The minimum Gasteiger partial charge on any atom is -0.378 e. The van der Waals surface area contributed by atoms with Gasteiger partial charge in [0.05, 0.1) is 32.3 Å². The Bertz CT molecular complexity index is 789. The molecule has 1 aliphatic heterocycles. The molecule has 7 nitrogen and oxygen atoms in total. The number of benzene rings is 1. The summed E-state index contributed by atoms with van der Waals surface area (Å²) in [4.78, 5) is 29.6. The number of ether oxygens (including phenoxy) is 1. The van der Waals surface area contributed by atoms with Crippen LogP contribution in [0.15, 0.2) is 41.8 Å². The summed E-state index contributed by atoms with van der Waals surface area (Å²) in [6, 6.07) is 11.7. The average Bonchev–Trinajstić information content (AvgIpc) is 3.24. The zero-order valence-corrected chi connectivity index (χ0v) is 17.7. The summed E-state index contributed by atoms with van der Waals surface area (Å²) >= 11 is 1.61. The third-order valence-electron chi connectivity index (χ3n) is 4.70. The molecule has 2 N–H and O–H groups in total. The molecular formula is C21H28N4O3S. The van der Waals surface area contributed by atoms with E-state index in [2.05, 4.69) is 15.5 Å². The summed E-state index contributed by atoms with van der Waals surface area (Å²) in [6.07, 6.45) is 0. The number of nitrogens with zero attached hydrogens (tertiary/aromatic N) is 2. The fourth-order valence-corrected chi connectivity index (χ4v) is 3.95. The highest BCUT2D eigenvalue weighted by Gasteiger charge is 2.15. The van der Waals surface area contributed by atoms with Gasteiger partial charge in [-0.2, -0.15) is 0 Å². The van der Waals surface area contributed by atoms with Gasteiger partial charge in [0, 0.05) is 29.3 Å². The third-order valence-corrected chi connectivity index (χ3v) is 5.76. The third kappa shape index (κ3) is 6.56. The molecule has 8 heteroatoms. The molecule has 0 aliphatic carbocycles. The van der Waals surface area contributed by atoms with Crippen LogP contribution < -0.4 is 15.5 Å². The van der Waals surface area contributed by atoms with Crippen molar-refractivity contribution in [3.8, 4) is 0 Å². The monoisotopic (exact) mass is 416 g/mol. The molecule has 2 amide bonds. The van der Waals surface area contributed by atoms with Crippen LogP contribution >= 0.6 is 11.3 Å². The molecule has 0 spiro atoms. The molecule has 1 aromatic heterocycles.